The molecule has 1 saturated heterocycles. The van der Waals surface area contributed by atoms with E-state index >= 15 is 0 Å². The fraction of sp³-hybridized carbons (Fsp3) is 0.533. The zero-order valence-electron chi connectivity index (χ0n) is 11.7. The number of aryl methyl sites for hydroxylation is 2. The van der Waals surface area contributed by atoms with E-state index in [0.29, 0.717) is 6.61 Å². The van der Waals surface area contributed by atoms with Crippen LogP contribution in [0.2, 0.25) is 0 Å². The highest BCUT2D eigenvalue weighted by Gasteiger charge is 2.32. The van der Waals surface area contributed by atoms with Gasteiger partial charge in [0.15, 0.2) is 0 Å². The van der Waals surface area contributed by atoms with Crippen molar-refractivity contribution in [3.8, 4) is 5.75 Å². The first-order valence-corrected chi connectivity index (χ1v) is 6.75. The number of hydrogen-bond acceptors (Lipinski definition) is 3. The lowest BCUT2D eigenvalue weighted by atomic mass is 9.98. The minimum atomic E-state index is -0.0708. The van der Waals surface area contributed by atoms with Crippen molar-refractivity contribution < 1.29 is 14.6 Å². The van der Waals surface area contributed by atoms with Crippen molar-refractivity contribution in [3.63, 3.8) is 0 Å². The quantitative estimate of drug-likeness (QED) is 0.824. The maximum Gasteiger partial charge on any atom is 0.230 e. The third kappa shape index (κ3) is 2.89. The molecule has 1 aliphatic rings. The third-order valence-corrected chi connectivity index (χ3v) is 3.75. The Morgan fingerprint density at radius 2 is 2.16 bits per heavy atom. The second-order valence-corrected chi connectivity index (χ2v) is 5.16. The predicted octanol–water partition coefficient (Wildman–Crippen LogP) is 2.76. The maximum atomic E-state index is 12.3. The van der Waals surface area contributed by atoms with Crippen LogP contribution in [0.15, 0.2) is 12.1 Å². The summed E-state index contributed by atoms with van der Waals surface area (Å²) in [7, 11) is 0. The zero-order chi connectivity index (χ0) is 14.0. The van der Waals surface area contributed by atoms with Crippen molar-refractivity contribution in [3.05, 3.63) is 23.3 Å². The van der Waals surface area contributed by atoms with Crippen molar-refractivity contribution >= 4 is 11.6 Å². The fourth-order valence-electron chi connectivity index (χ4n) is 2.51. The van der Waals surface area contributed by atoms with Crippen molar-refractivity contribution in [2.75, 3.05) is 11.9 Å². The number of nitrogens with one attached hydrogen (secondary N) is 1. The second-order valence-electron chi connectivity index (χ2n) is 5.16. The third-order valence-electron chi connectivity index (χ3n) is 3.75. The molecule has 0 saturated carbocycles. The summed E-state index contributed by atoms with van der Waals surface area (Å²) < 4.78 is 5.55. The highest BCUT2D eigenvalue weighted by Crippen LogP contribution is 2.28. The number of aromatic hydroxyl groups is 1. The van der Waals surface area contributed by atoms with E-state index in [4.69, 9.17) is 4.74 Å². The van der Waals surface area contributed by atoms with Crippen LogP contribution >= 0.6 is 0 Å². The minimum absolute atomic E-state index is 0.0116. The molecule has 0 aliphatic carbocycles. The van der Waals surface area contributed by atoms with E-state index in [9.17, 15) is 9.90 Å². The fourth-order valence-corrected chi connectivity index (χ4v) is 2.51. The van der Waals surface area contributed by atoms with Gasteiger partial charge in [-0.1, -0.05) is 6.92 Å². The van der Waals surface area contributed by atoms with Crippen molar-refractivity contribution in [1.82, 2.24) is 0 Å². The van der Waals surface area contributed by atoms with E-state index in [1.807, 2.05) is 20.8 Å². The topological polar surface area (TPSA) is 58.6 Å². The van der Waals surface area contributed by atoms with Crippen molar-refractivity contribution in [2.24, 2.45) is 5.92 Å². The first kappa shape index (κ1) is 13.9. The molecule has 2 rings (SSSR count). The smallest absolute Gasteiger partial charge is 0.230 e. The number of carbonyl (C=O) groups is 1. The highest BCUT2D eigenvalue weighted by molar-refractivity contribution is 5.94. The zero-order valence-corrected chi connectivity index (χ0v) is 11.7. The number of anilines is 1. The van der Waals surface area contributed by atoms with Gasteiger partial charge >= 0.3 is 0 Å². The molecule has 1 amide bonds. The summed E-state index contributed by atoms with van der Waals surface area (Å²) in [5, 5.41) is 12.6. The van der Waals surface area contributed by atoms with Gasteiger partial charge in [-0.3, -0.25) is 4.79 Å². The number of phenolic OH excluding ortho intramolecular Hbond substituents is 1. The van der Waals surface area contributed by atoms with Gasteiger partial charge in [-0.05, 0) is 49.9 Å². The summed E-state index contributed by atoms with van der Waals surface area (Å²) in [5.41, 5.74) is 2.39. The Hall–Kier alpha value is -1.55. The first-order chi connectivity index (χ1) is 9.02. The van der Waals surface area contributed by atoms with E-state index in [-0.39, 0.29) is 23.7 Å². The Kier molecular flexibility index (Phi) is 4.10. The minimum Gasteiger partial charge on any atom is -0.508 e. The van der Waals surface area contributed by atoms with Crippen LogP contribution in [0.25, 0.3) is 0 Å². The monoisotopic (exact) mass is 263 g/mol. The number of carbonyl (C=O) groups excluding carboxylic acids is 1. The van der Waals surface area contributed by atoms with Gasteiger partial charge in [0.2, 0.25) is 5.91 Å². The van der Waals surface area contributed by atoms with Crippen LogP contribution < -0.4 is 5.32 Å². The molecule has 2 N–H and O–H groups in total. The molecular weight excluding hydrogens is 242 g/mol. The molecule has 0 spiro atoms. The molecule has 104 valence electrons. The number of rotatable bonds is 3. The Balaban J connectivity index is 2.13. The Morgan fingerprint density at radius 3 is 2.84 bits per heavy atom. The summed E-state index contributed by atoms with van der Waals surface area (Å²) in [6.07, 6.45) is 1.66. The summed E-state index contributed by atoms with van der Waals surface area (Å²) in [6.45, 7) is 6.38. The molecule has 0 aromatic heterocycles. The number of phenols is 1. The normalized spacial score (nSPS) is 22.5. The van der Waals surface area contributed by atoms with Crippen LogP contribution in [0.3, 0.4) is 0 Å². The van der Waals surface area contributed by atoms with Gasteiger partial charge in [-0.2, -0.15) is 0 Å². The molecular formula is C15H21NO3. The van der Waals surface area contributed by atoms with Crippen LogP contribution in [0, 0.1) is 19.8 Å². The number of benzene rings is 1. The summed E-state index contributed by atoms with van der Waals surface area (Å²) >= 11 is 0. The Labute approximate surface area is 113 Å². The average molecular weight is 263 g/mol. The van der Waals surface area contributed by atoms with Gasteiger partial charge in [0.05, 0.1) is 12.0 Å². The van der Waals surface area contributed by atoms with Gasteiger partial charge in [-0.15, -0.1) is 0 Å². The van der Waals surface area contributed by atoms with E-state index in [0.717, 1.165) is 29.7 Å². The summed E-state index contributed by atoms with van der Waals surface area (Å²) in [4.78, 5) is 12.3. The molecule has 0 radical (unpaired) electrons. The number of ether oxygens (including phenoxy) is 1. The van der Waals surface area contributed by atoms with Gasteiger partial charge in [0, 0.05) is 12.3 Å². The molecule has 0 bridgehead atoms. The largest absolute Gasteiger partial charge is 0.508 e. The van der Waals surface area contributed by atoms with Gasteiger partial charge < -0.3 is 15.2 Å². The molecule has 1 aromatic rings. The first-order valence-electron chi connectivity index (χ1n) is 6.75. The van der Waals surface area contributed by atoms with Crippen molar-refractivity contribution in [1.29, 1.82) is 0 Å². The molecule has 2 unspecified atom stereocenters. The molecule has 1 aliphatic heterocycles. The van der Waals surface area contributed by atoms with E-state index < -0.39 is 0 Å². The standard InChI is InChI=1S/C15H21NO3/c1-4-14-11(5-6-19-14)15(18)16-12-7-10(3)13(17)8-9(12)2/h7-8,11,14,17H,4-6H2,1-3H3,(H,16,18). The van der Waals surface area contributed by atoms with Gasteiger partial charge in [0.25, 0.3) is 0 Å². The van der Waals surface area contributed by atoms with Gasteiger partial charge in [0.1, 0.15) is 5.75 Å². The molecule has 1 fully saturated rings. The predicted molar refractivity (Wildman–Crippen MR) is 74.3 cm³/mol. The molecule has 4 heteroatoms. The highest BCUT2D eigenvalue weighted by atomic mass is 16.5. The number of amides is 1. The van der Waals surface area contributed by atoms with E-state index in [2.05, 4.69) is 5.32 Å². The lowest BCUT2D eigenvalue weighted by molar-refractivity contribution is -0.121. The number of hydrogen-bond donors (Lipinski definition) is 2. The summed E-state index contributed by atoms with van der Waals surface area (Å²) in [6, 6.07) is 3.48. The SMILES string of the molecule is CCC1OCCC1C(=O)Nc1cc(C)c(O)cc1C. The Bertz CT molecular complexity index is 485. The van der Waals surface area contributed by atoms with E-state index in [1.165, 1.54) is 0 Å². The van der Waals surface area contributed by atoms with Crippen LogP contribution in [0.1, 0.15) is 30.9 Å². The second kappa shape index (κ2) is 5.61. The molecule has 19 heavy (non-hydrogen) atoms. The van der Waals surface area contributed by atoms with Gasteiger partial charge in [-0.25, -0.2) is 0 Å². The lowest BCUT2D eigenvalue weighted by Gasteiger charge is -2.18. The lowest BCUT2D eigenvalue weighted by Crippen LogP contribution is -2.29. The van der Waals surface area contributed by atoms with Crippen LogP contribution in [-0.2, 0) is 9.53 Å². The average Bonchev–Trinajstić information content (AvgIpc) is 2.84. The van der Waals surface area contributed by atoms with Crippen LogP contribution in [0.5, 0.6) is 5.75 Å². The van der Waals surface area contributed by atoms with Crippen molar-refractivity contribution in [2.45, 2.75) is 39.7 Å². The maximum absolute atomic E-state index is 12.3. The molecule has 2 atom stereocenters. The summed E-state index contributed by atoms with van der Waals surface area (Å²) in [5.74, 6) is 0.196. The molecule has 4 nitrogen and oxygen atoms in total. The van der Waals surface area contributed by atoms with Crippen LogP contribution in [0.4, 0.5) is 5.69 Å². The molecule has 1 aromatic carbocycles. The Morgan fingerprint density at radius 1 is 1.42 bits per heavy atom. The van der Waals surface area contributed by atoms with E-state index in [1.54, 1.807) is 12.1 Å². The van der Waals surface area contributed by atoms with Crippen LogP contribution in [-0.4, -0.2) is 23.7 Å². The molecule has 1 heterocycles.